The molecule has 0 spiro atoms. The molecule has 274 valence electrons. The van der Waals surface area contributed by atoms with Crippen LogP contribution in [0.3, 0.4) is 0 Å². The first-order chi connectivity index (χ1) is 24.3. The Kier molecular flexibility index (Phi) is 13.2. The van der Waals surface area contributed by atoms with E-state index in [1.165, 1.54) is 14.2 Å². The van der Waals surface area contributed by atoms with Crippen molar-refractivity contribution < 1.29 is 38.9 Å². The summed E-state index contributed by atoms with van der Waals surface area (Å²) < 4.78 is 9.85. The molecular weight excluding hydrogens is 700 g/mol. The Bertz CT molecular complexity index is 1940. The molecule has 0 saturated heterocycles. The summed E-state index contributed by atoms with van der Waals surface area (Å²) in [5.74, 6) is -2.25. The average molecular weight is 745 g/mol. The number of carbonyl (C=O) groups excluding carboxylic acids is 2. The number of nitrogens with one attached hydrogen (secondary N) is 3. The maximum absolute atomic E-state index is 12.3. The van der Waals surface area contributed by atoms with Crippen molar-refractivity contribution in [1.29, 1.82) is 0 Å². The number of carboxylic acids is 2. The van der Waals surface area contributed by atoms with E-state index in [2.05, 4.69) is 15.0 Å². The molecule has 14 heteroatoms. The van der Waals surface area contributed by atoms with Crippen LogP contribution in [0.25, 0.3) is 6.08 Å². The summed E-state index contributed by atoms with van der Waals surface area (Å²) in [5, 5.41) is 19.6. The van der Waals surface area contributed by atoms with E-state index < -0.39 is 11.9 Å². The van der Waals surface area contributed by atoms with E-state index in [0.29, 0.717) is 78.3 Å². The summed E-state index contributed by atoms with van der Waals surface area (Å²) >= 11 is 12.1. The zero-order chi connectivity index (χ0) is 37.6. The maximum atomic E-state index is 12.3. The topological polar surface area (TPSA) is 187 Å². The number of aromatic nitrogens is 3. The molecule has 0 unspecified atom stereocenters. The number of allylic oxidation sites excluding steroid dienone is 2. The van der Waals surface area contributed by atoms with Crippen molar-refractivity contribution in [1.82, 2.24) is 15.0 Å². The van der Waals surface area contributed by atoms with Gasteiger partial charge in [0.05, 0.1) is 25.6 Å². The summed E-state index contributed by atoms with van der Waals surface area (Å²) in [7, 11) is 2.68. The van der Waals surface area contributed by atoms with Crippen molar-refractivity contribution in [2.75, 3.05) is 26.0 Å². The van der Waals surface area contributed by atoms with Crippen LogP contribution in [0, 0.1) is 20.8 Å². The minimum Gasteiger partial charge on any atom is -0.477 e. The summed E-state index contributed by atoms with van der Waals surface area (Å²) in [4.78, 5) is 63.2. The van der Waals surface area contributed by atoms with Crippen molar-refractivity contribution in [2.24, 2.45) is 4.99 Å². The molecule has 0 atom stereocenters. The summed E-state index contributed by atoms with van der Waals surface area (Å²) in [5.41, 5.74) is 11.0. The third kappa shape index (κ3) is 8.68. The molecular formula is C37H44Cl2N4O8. The average Bonchev–Trinajstić information content (AvgIpc) is 3.77. The minimum absolute atomic E-state index is 0.108. The van der Waals surface area contributed by atoms with Crippen LogP contribution in [0.1, 0.15) is 103 Å². The van der Waals surface area contributed by atoms with Crippen LogP contribution >= 0.6 is 23.2 Å². The van der Waals surface area contributed by atoms with E-state index in [1.54, 1.807) is 6.92 Å². The lowest BCUT2D eigenvalue weighted by atomic mass is 9.98. The van der Waals surface area contributed by atoms with Gasteiger partial charge in [-0.15, -0.1) is 23.2 Å². The third-order valence-corrected chi connectivity index (χ3v) is 10.0. The molecule has 51 heavy (non-hydrogen) atoms. The van der Waals surface area contributed by atoms with Crippen molar-refractivity contribution in [3.63, 3.8) is 0 Å². The SMILES string of the molecule is COC(=O)CCC1=C(C)C(Cc2[nH]c(C(=O)O)c(CCCl)c2C)=N/C1=[13CH]\c1[nH]c(Cc2[nH]c(C(=O)O)c(C)c2CCCl)c(C)c1CCC(=O)OC. The highest BCUT2D eigenvalue weighted by Crippen LogP contribution is 2.35. The first-order valence-corrected chi connectivity index (χ1v) is 17.7. The Morgan fingerprint density at radius 3 is 1.82 bits per heavy atom. The Balaban J connectivity index is 1.84. The monoisotopic (exact) mass is 743 g/mol. The Morgan fingerprint density at radius 1 is 0.686 bits per heavy atom. The number of carboxylic acid groups (broad SMARTS) is 2. The molecule has 3 aromatic rings. The van der Waals surface area contributed by atoms with Crippen LogP contribution in [0.4, 0.5) is 0 Å². The Labute approximate surface area is 306 Å². The van der Waals surface area contributed by atoms with Gasteiger partial charge in [0.15, 0.2) is 0 Å². The number of esters is 2. The zero-order valence-electron chi connectivity index (χ0n) is 29.7. The second-order valence-electron chi connectivity index (χ2n) is 12.5. The van der Waals surface area contributed by atoms with E-state index in [-0.39, 0.29) is 42.0 Å². The number of halogens is 2. The number of methoxy groups -OCH3 is 2. The van der Waals surface area contributed by atoms with Crippen LogP contribution < -0.4 is 0 Å². The molecule has 3 aromatic heterocycles. The summed E-state index contributed by atoms with van der Waals surface area (Å²) in [6, 6.07) is 0. The van der Waals surface area contributed by atoms with Gasteiger partial charge < -0.3 is 34.6 Å². The molecule has 4 rings (SSSR count). The predicted octanol–water partition coefficient (Wildman–Crippen LogP) is 6.56. The molecule has 0 radical (unpaired) electrons. The number of hydrogen-bond donors (Lipinski definition) is 5. The fraction of sp³-hybridized carbons (Fsp3) is 0.432. The van der Waals surface area contributed by atoms with Crippen LogP contribution in [0.5, 0.6) is 0 Å². The van der Waals surface area contributed by atoms with E-state index in [0.717, 1.165) is 44.8 Å². The fourth-order valence-corrected chi connectivity index (χ4v) is 7.08. The van der Waals surface area contributed by atoms with E-state index in [4.69, 9.17) is 37.7 Å². The van der Waals surface area contributed by atoms with Gasteiger partial charge in [0.1, 0.15) is 11.4 Å². The lowest BCUT2D eigenvalue weighted by Crippen LogP contribution is -2.06. The van der Waals surface area contributed by atoms with Gasteiger partial charge in [0, 0.05) is 60.2 Å². The molecule has 12 nitrogen and oxygen atoms in total. The Hall–Kier alpha value is -4.55. The number of rotatable bonds is 17. The second kappa shape index (κ2) is 17.1. The molecule has 4 heterocycles. The van der Waals surface area contributed by atoms with Crippen molar-refractivity contribution in [3.05, 3.63) is 84.4 Å². The molecule has 0 fully saturated rings. The minimum atomic E-state index is -1.06. The highest BCUT2D eigenvalue weighted by molar-refractivity contribution is 6.18. The molecule has 1 aliphatic rings. The van der Waals surface area contributed by atoms with Crippen LogP contribution in [0.2, 0.25) is 0 Å². The van der Waals surface area contributed by atoms with Gasteiger partial charge in [-0.1, -0.05) is 0 Å². The van der Waals surface area contributed by atoms with Gasteiger partial charge in [0.25, 0.3) is 0 Å². The lowest BCUT2D eigenvalue weighted by Gasteiger charge is -2.07. The highest BCUT2D eigenvalue weighted by atomic mass is 35.5. The molecule has 1 aliphatic heterocycles. The van der Waals surface area contributed by atoms with Gasteiger partial charge in [-0.25, -0.2) is 9.59 Å². The van der Waals surface area contributed by atoms with E-state index >= 15 is 0 Å². The number of aromatic amines is 3. The highest BCUT2D eigenvalue weighted by Gasteiger charge is 2.27. The first kappa shape index (κ1) is 39.2. The predicted molar refractivity (Wildman–Crippen MR) is 196 cm³/mol. The quantitative estimate of drug-likeness (QED) is 0.0584. The van der Waals surface area contributed by atoms with Gasteiger partial charge in [-0.05, 0) is 104 Å². The maximum Gasteiger partial charge on any atom is 0.352 e. The van der Waals surface area contributed by atoms with Crippen molar-refractivity contribution in [3.8, 4) is 0 Å². The molecule has 0 amide bonds. The van der Waals surface area contributed by atoms with Crippen LogP contribution in [-0.2, 0) is 51.2 Å². The first-order valence-electron chi connectivity index (χ1n) is 16.6. The number of carbonyl (C=O) groups is 4. The normalized spacial score (nSPS) is 13.6. The number of nitrogens with zero attached hydrogens (tertiary/aromatic N) is 1. The lowest BCUT2D eigenvalue weighted by molar-refractivity contribution is -0.141. The molecule has 0 aliphatic carbocycles. The van der Waals surface area contributed by atoms with E-state index in [9.17, 15) is 29.4 Å². The smallest absolute Gasteiger partial charge is 0.352 e. The molecule has 0 saturated carbocycles. The van der Waals surface area contributed by atoms with Crippen LogP contribution in [-0.4, -0.2) is 80.7 Å². The molecule has 0 aromatic carbocycles. The Morgan fingerprint density at radius 2 is 1.24 bits per heavy atom. The number of hydrogen-bond acceptors (Lipinski definition) is 7. The van der Waals surface area contributed by atoms with Gasteiger partial charge in [-0.2, -0.15) is 0 Å². The van der Waals surface area contributed by atoms with Crippen LogP contribution in [0.15, 0.2) is 21.8 Å². The van der Waals surface area contributed by atoms with Crippen molar-refractivity contribution >= 4 is 58.9 Å². The number of aliphatic imine (C=N–C) groups is 1. The fourth-order valence-electron chi connectivity index (χ4n) is 6.70. The molecule has 5 N–H and O–H groups in total. The van der Waals surface area contributed by atoms with Gasteiger partial charge in [0.2, 0.25) is 0 Å². The largest absolute Gasteiger partial charge is 0.477 e. The second-order valence-corrected chi connectivity index (χ2v) is 13.2. The van der Waals surface area contributed by atoms with E-state index in [1.807, 2.05) is 26.8 Å². The number of aromatic carboxylic acids is 2. The third-order valence-electron chi connectivity index (χ3n) is 9.63. The summed E-state index contributed by atoms with van der Waals surface area (Å²) in [6.07, 6.45) is 4.46. The van der Waals surface area contributed by atoms with Gasteiger partial charge >= 0.3 is 23.9 Å². The number of H-pyrrole nitrogens is 3. The van der Waals surface area contributed by atoms with Crippen molar-refractivity contribution in [2.45, 2.75) is 79.1 Å². The number of ether oxygens (including phenoxy) is 2. The number of alkyl halides is 2. The molecule has 0 bridgehead atoms. The standard InChI is InChI=1S/C37H44Cl2N4O8/c1-18-22(7-9-32(44)50-5)29(40-26(18)15-28-20(3)25(12-14-39)35(42-28)37(48)49)17-30-23(8-10-33(45)51-6)19(2)27(41-30)16-31-24(11-13-38)21(4)34(43-31)36(46)47/h17,41-43H,7-16H2,1-6H3,(H,46,47)(H,48,49)/b29-17-/i17+1. The van der Waals surface area contributed by atoms with Gasteiger partial charge in [-0.3, -0.25) is 14.6 Å². The zero-order valence-corrected chi connectivity index (χ0v) is 31.2. The summed E-state index contributed by atoms with van der Waals surface area (Å²) in [6.45, 7) is 7.51.